The second kappa shape index (κ2) is 11.0. The minimum absolute atomic E-state index is 0.147. The van der Waals surface area contributed by atoms with E-state index in [1.807, 2.05) is 36.1 Å². The van der Waals surface area contributed by atoms with Crippen molar-refractivity contribution < 1.29 is 9.53 Å². The SMILES string of the molecule is CCNC(=NCC(OC)c1cccc(Cl)c1)NCCCN1CCCC1=O. The van der Waals surface area contributed by atoms with Gasteiger partial charge in [-0.05, 0) is 37.5 Å². The molecule has 0 aromatic heterocycles. The highest BCUT2D eigenvalue weighted by Crippen LogP contribution is 2.20. The highest BCUT2D eigenvalue weighted by Gasteiger charge is 2.19. The van der Waals surface area contributed by atoms with E-state index in [2.05, 4.69) is 15.6 Å². The third kappa shape index (κ3) is 6.50. The van der Waals surface area contributed by atoms with Crippen molar-refractivity contribution in [1.82, 2.24) is 15.5 Å². The fourth-order valence-electron chi connectivity index (χ4n) is 2.96. The van der Waals surface area contributed by atoms with Crippen molar-refractivity contribution >= 4 is 23.5 Å². The number of rotatable bonds is 9. The van der Waals surface area contributed by atoms with Gasteiger partial charge >= 0.3 is 0 Å². The van der Waals surface area contributed by atoms with E-state index in [1.165, 1.54) is 0 Å². The van der Waals surface area contributed by atoms with Crippen molar-refractivity contribution in [3.63, 3.8) is 0 Å². The zero-order valence-corrected chi connectivity index (χ0v) is 16.4. The first kappa shape index (κ1) is 20.5. The van der Waals surface area contributed by atoms with Crippen LogP contribution in [0.25, 0.3) is 0 Å². The Balaban J connectivity index is 1.83. The number of amides is 1. The second-order valence-electron chi connectivity index (χ2n) is 6.26. The average Bonchev–Trinajstić information content (AvgIpc) is 3.04. The van der Waals surface area contributed by atoms with Crippen LogP contribution in [0.5, 0.6) is 0 Å². The van der Waals surface area contributed by atoms with Gasteiger partial charge in [-0.2, -0.15) is 0 Å². The molecule has 1 aromatic carbocycles. The van der Waals surface area contributed by atoms with Gasteiger partial charge in [0.2, 0.25) is 5.91 Å². The number of methoxy groups -OCH3 is 1. The Bertz CT molecular complexity index is 609. The molecule has 0 saturated carbocycles. The smallest absolute Gasteiger partial charge is 0.222 e. The van der Waals surface area contributed by atoms with E-state index < -0.39 is 0 Å². The van der Waals surface area contributed by atoms with Gasteiger partial charge in [0.05, 0.1) is 6.54 Å². The van der Waals surface area contributed by atoms with Gasteiger partial charge in [0.1, 0.15) is 6.10 Å². The van der Waals surface area contributed by atoms with Gasteiger partial charge in [-0.1, -0.05) is 23.7 Å². The molecule has 6 nitrogen and oxygen atoms in total. The summed E-state index contributed by atoms with van der Waals surface area (Å²) in [5.41, 5.74) is 1.01. The van der Waals surface area contributed by atoms with Gasteiger partial charge in [-0.15, -0.1) is 0 Å². The lowest BCUT2D eigenvalue weighted by atomic mass is 10.1. The molecule has 1 fully saturated rings. The number of hydrogen-bond donors (Lipinski definition) is 2. The van der Waals surface area contributed by atoms with Crippen LogP contribution in [-0.2, 0) is 9.53 Å². The van der Waals surface area contributed by atoms with Crippen LogP contribution in [0, 0.1) is 0 Å². The van der Waals surface area contributed by atoms with Crippen molar-refractivity contribution in [2.45, 2.75) is 32.3 Å². The van der Waals surface area contributed by atoms with Crippen molar-refractivity contribution in [2.24, 2.45) is 4.99 Å². The van der Waals surface area contributed by atoms with Crippen LogP contribution in [0.4, 0.5) is 0 Å². The van der Waals surface area contributed by atoms with Crippen LogP contribution in [0.15, 0.2) is 29.3 Å². The van der Waals surface area contributed by atoms with E-state index in [4.69, 9.17) is 16.3 Å². The molecular weight excluding hydrogens is 352 g/mol. The fourth-order valence-corrected chi connectivity index (χ4v) is 3.15. The standard InChI is InChI=1S/C19H29ClN4O2/c1-3-21-19(22-10-6-12-24-11-5-9-18(24)25)23-14-17(26-2)15-7-4-8-16(20)13-15/h4,7-8,13,17H,3,5-6,9-12,14H2,1-2H3,(H2,21,22,23). The summed E-state index contributed by atoms with van der Waals surface area (Å²) in [6.07, 6.45) is 2.43. The first-order valence-corrected chi connectivity index (χ1v) is 9.60. The zero-order valence-electron chi connectivity index (χ0n) is 15.6. The van der Waals surface area contributed by atoms with Crippen molar-refractivity contribution in [3.8, 4) is 0 Å². The minimum Gasteiger partial charge on any atom is -0.375 e. The third-order valence-electron chi connectivity index (χ3n) is 4.33. The molecule has 0 aliphatic carbocycles. The average molecular weight is 381 g/mol. The van der Waals surface area contributed by atoms with Crippen LogP contribution >= 0.6 is 11.6 Å². The van der Waals surface area contributed by atoms with E-state index in [9.17, 15) is 4.79 Å². The van der Waals surface area contributed by atoms with Crippen molar-refractivity contribution in [2.75, 3.05) is 39.8 Å². The van der Waals surface area contributed by atoms with Crippen LogP contribution < -0.4 is 10.6 Å². The molecule has 1 aliphatic rings. The Kier molecular flexibility index (Phi) is 8.71. The Morgan fingerprint density at radius 3 is 2.92 bits per heavy atom. The quantitative estimate of drug-likeness (QED) is 0.392. The summed E-state index contributed by atoms with van der Waals surface area (Å²) in [4.78, 5) is 18.2. The molecule has 0 bridgehead atoms. The number of nitrogens with zero attached hydrogens (tertiary/aromatic N) is 2. The number of halogens is 1. The fraction of sp³-hybridized carbons (Fsp3) is 0.579. The Morgan fingerprint density at radius 2 is 2.27 bits per heavy atom. The number of ether oxygens (including phenoxy) is 1. The van der Waals surface area contributed by atoms with E-state index in [-0.39, 0.29) is 12.0 Å². The minimum atomic E-state index is -0.147. The maximum absolute atomic E-state index is 11.6. The molecule has 1 amide bonds. The lowest BCUT2D eigenvalue weighted by Crippen LogP contribution is -2.39. The molecule has 1 unspecified atom stereocenters. The Labute approximate surface area is 161 Å². The molecule has 1 atom stereocenters. The molecular formula is C19H29ClN4O2. The highest BCUT2D eigenvalue weighted by molar-refractivity contribution is 6.30. The van der Waals surface area contributed by atoms with Crippen LogP contribution in [0.1, 0.15) is 37.9 Å². The normalized spacial score (nSPS) is 16.0. The summed E-state index contributed by atoms with van der Waals surface area (Å²) < 4.78 is 5.56. The maximum atomic E-state index is 11.6. The molecule has 144 valence electrons. The van der Waals surface area contributed by atoms with Gasteiger partial charge in [0.15, 0.2) is 5.96 Å². The van der Waals surface area contributed by atoms with Gasteiger partial charge < -0.3 is 20.3 Å². The van der Waals surface area contributed by atoms with Crippen LogP contribution in [0.2, 0.25) is 5.02 Å². The van der Waals surface area contributed by atoms with Crippen LogP contribution in [0.3, 0.4) is 0 Å². The third-order valence-corrected chi connectivity index (χ3v) is 4.57. The molecule has 2 N–H and O–H groups in total. The topological polar surface area (TPSA) is 66.0 Å². The molecule has 1 heterocycles. The monoisotopic (exact) mass is 380 g/mol. The predicted octanol–water partition coefficient (Wildman–Crippen LogP) is 2.60. The van der Waals surface area contributed by atoms with E-state index in [0.29, 0.717) is 18.0 Å². The summed E-state index contributed by atoms with van der Waals surface area (Å²) >= 11 is 6.06. The van der Waals surface area contributed by atoms with E-state index >= 15 is 0 Å². The molecule has 2 rings (SSSR count). The largest absolute Gasteiger partial charge is 0.375 e. The number of likely N-dealkylation sites (tertiary alicyclic amines) is 1. The van der Waals surface area contributed by atoms with Crippen LogP contribution in [-0.4, -0.2) is 56.6 Å². The number of benzene rings is 1. The zero-order chi connectivity index (χ0) is 18.8. The molecule has 7 heteroatoms. The number of carbonyl (C=O) groups excluding carboxylic acids is 1. The Hall–Kier alpha value is -1.79. The van der Waals surface area contributed by atoms with Gasteiger partial charge in [0.25, 0.3) is 0 Å². The van der Waals surface area contributed by atoms with Gasteiger partial charge in [-0.3, -0.25) is 9.79 Å². The summed E-state index contributed by atoms with van der Waals surface area (Å²) in [5, 5.41) is 7.25. The summed E-state index contributed by atoms with van der Waals surface area (Å²) in [6, 6.07) is 7.65. The molecule has 0 radical (unpaired) electrons. The number of hydrogen-bond acceptors (Lipinski definition) is 3. The summed E-state index contributed by atoms with van der Waals surface area (Å²) in [7, 11) is 1.68. The molecule has 0 spiro atoms. The molecule has 1 aromatic rings. The number of carbonyl (C=O) groups is 1. The highest BCUT2D eigenvalue weighted by atomic mass is 35.5. The van der Waals surface area contributed by atoms with E-state index in [0.717, 1.165) is 50.5 Å². The number of aliphatic imine (C=N–C) groups is 1. The summed E-state index contributed by atoms with van der Waals surface area (Å²) in [6.45, 7) is 5.77. The van der Waals surface area contributed by atoms with Crippen molar-refractivity contribution in [1.29, 1.82) is 0 Å². The van der Waals surface area contributed by atoms with E-state index in [1.54, 1.807) is 7.11 Å². The number of nitrogens with one attached hydrogen (secondary N) is 2. The van der Waals surface area contributed by atoms with Gasteiger partial charge in [-0.25, -0.2) is 0 Å². The lowest BCUT2D eigenvalue weighted by molar-refractivity contribution is -0.127. The molecule has 1 aliphatic heterocycles. The maximum Gasteiger partial charge on any atom is 0.222 e. The second-order valence-corrected chi connectivity index (χ2v) is 6.70. The summed E-state index contributed by atoms with van der Waals surface area (Å²) in [5.74, 6) is 1.03. The lowest BCUT2D eigenvalue weighted by Gasteiger charge is -2.18. The Morgan fingerprint density at radius 1 is 1.42 bits per heavy atom. The van der Waals surface area contributed by atoms with Gasteiger partial charge in [0, 0.05) is 44.7 Å². The first-order valence-electron chi connectivity index (χ1n) is 9.22. The molecule has 1 saturated heterocycles. The van der Waals surface area contributed by atoms with Crippen molar-refractivity contribution in [3.05, 3.63) is 34.9 Å². The predicted molar refractivity (Wildman–Crippen MR) is 106 cm³/mol. The first-order chi connectivity index (χ1) is 12.6. The number of guanidine groups is 1. The molecule has 26 heavy (non-hydrogen) atoms.